The van der Waals surface area contributed by atoms with Crippen molar-refractivity contribution in [3.8, 4) is 5.75 Å². The van der Waals surface area contributed by atoms with Crippen LogP contribution in [0.3, 0.4) is 0 Å². The lowest BCUT2D eigenvalue weighted by Crippen LogP contribution is -2.38. The van der Waals surface area contributed by atoms with Gasteiger partial charge in [0.2, 0.25) is 10.0 Å². The number of sulfonamides is 1. The summed E-state index contributed by atoms with van der Waals surface area (Å²) in [5.74, 6) is 0.000905. The molecule has 0 bridgehead atoms. The Bertz CT molecular complexity index is 2010. The summed E-state index contributed by atoms with van der Waals surface area (Å²) < 4.78 is 33.0. The van der Waals surface area contributed by atoms with Crippen LogP contribution in [0.1, 0.15) is 50.4 Å². The highest BCUT2D eigenvalue weighted by molar-refractivity contribution is 7.92. The van der Waals surface area contributed by atoms with E-state index in [1.807, 2.05) is 48.5 Å². The summed E-state index contributed by atoms with van der Waals surface area (Å²) in [5.41, 5.74) is 5.36. The Balaban J connectivity index is 1.21. The lowest BCUT2D eigenvalue weighted by Gasteiger charge is -2.25. The van der Waals surface area contributed by atoms with Gasteiger partial charge in [-0.2, -0.15) is 0 Å². The van der Waals surface area contributed by atoms with Crippen molar-refractivity contribution in [3.63, 3.8) is 0 Å². The molecule has 4 aromatic carbocycles. The van der Waals surface area contributed by atoms with Gasteiger partial charge in [0.25, 0.3) is 5.91 Å². The molecular formula is C37H36ClN3O5S. The molecule has 0 saturated carbocycles. The molecule has 1 heterocycles. The van der Waals surface area contributed by atoms with E-state index in [0.717, 1.165) is 30.2 Å². The minimum Gasteiger partial charge on any atom is -0.492 e. The van der Waals surface area contributed by atoms with Gasteiger partial charge in [0.1, 0.15) is 12.4 Å². The van der Waals surface area contributed by atoms with Gasteiger partial charge in [-0.05, 0) is 79.3 Å². The van der Waals surface area contributed by atoms with Crippen LogP contribution in [-0.2, 0) is 29.4 Å². The van der Waals surface area contributed by atoms with E-state index in [2.05, 4.69) is 11.1 Å². The minimum atomic E-state index is -3.75. The monoisotopic (exact) mass is 669 g/mol. The molecule has 0 aliphatic heterocycles. The number of anilines is 1. The average molecular weight is 670 g/mol. The number of carbonyl (C=O) groups excluding carboxylic acids is 2. The van der Waals surface area contributed by atoms with Crippen molar-refractivity contribution >= 4 is 49.9 Å². The zero-order valence-electron chi connectivity index (χ0n) is 26.1. The van der Waals surface area contributed by atoms with Crippen molar-refractivity contribution in [2.24, 2.45) is 0 Å². The third-order valence-corrected chi connectivity index (χ3v) is 9.89. The second kappa shape index (κ2) is 14.0. The Labute approximate surface area is 280 Å². The summed E-state index contributed by atoms with van der Waals surface area (Å²) in [6.45, 7) is 0.132. The number of amides is 1. The third-order valence-electron chi connectivity index (χ3n) is 8.45. The van der Waals surface area contributed by atoms with E-state index in [-0.39, 0.29) is 54.2 Å². The first kappa shape index (κ1) is 32.3. The van der Waals surface area contributed by atoms with Crippen molar-refractivity contribution in [2.75, 3.05) is 30.3 Å². The van der Waals surface area contributed by atoms with Gasteiger partial charge >= 0.3 is 0 Å². The minimum absolute atomic E-state index is 0.0455. The van der Waals surface area contributed by atoms with Gasteiger partial charge in [0.05, 0.1) is 36.6 Å². The average Bonchev–Trinajstić information content (AvgIpc) is 3.45. The van der Waals surface area contributed by atoms with Gasteiger partial charge < -0.3 is 14.6 Å². The lowest BCUT2D eigenvalue weighted by molar-refractivity contribution is 0.0686. The van der Waals surface area contributed by atoms with Gasteiger partial charge in [-0.25, -0.2) is 8.42 Å². The predicted octanol–water partition coefficient (Wildman–Crippen LogP) is 7.07. The number of ketones is 1. The summed E-state index contributed by atoms with van der Waals surface area (Å²) in [5, 5.41) is 1.41. The summed E-state index contributed by atoms with van der Waals surface area (Å²) in [7, 11) is -3.75. The maximum atomic E-state index is 13.7. The molecule has 0 unspecified atom stereocenters. The van der Waals surface area contributed by atoms with Gasteiger partial charge in [-0.15, -0.1) is 0 Å². The SMILES string of the molecule is CS(=O)(=O)N(Cc1ccccc1)c1cc(C(=O)CN(CCOc2ccc3c4c([nH]c3c2)CCCC4)C(=O)c2ccccc2)ccc1Cl. The number of fused-ring (bicyclic) bond motifs is 3. The van der Waals surface area contributed by atoms with E-state index in [4.69, 9.17) is 16.3 Å². The number of ether oxygens (including phenoxy) is 1. The summed E-state index contributed by atoms with van der Waals surface area (Å²) in [4.78, 5) is 32.3. The fourth-order valence-electron chi connectivity index (χ4n) is 6.04. The molecule has 1 aromatic heterocycles. The van der Waals surface area contributed by atoms with Crippen LogP contribution in [0.5, 0.6) is 5.75 Å². The number of H-pyrrole nitrogens is 1. The number of aryl methyl sites for hydroxylation is 2. The van der Waals surface area contributed by atoms with Gasteiger partial charge in [0, 0.05) is 33.8 Å². The fraction of sp³-hybridized carbons (Fsp3) is 0.243. The standard InChI is InChI=1S/C37H36ClN3O5S/c1-47(44,45)41(24-26-10-4-2-5-11-26)35-22-28(16-19-32(35)38)36(42)25-40(37(43)27-12-6-3-7-13-27)20-21-46-29-17-18-31-30-14-8-9-15-33(30)39-34(31)23-29/h2-7,10-13,16-19,22-23,39H,8-9,14-15,20-21,24-25H2,1H3. The number of rotatable bonds is 12. The molecule has 1 amide bonds. The molecule has 5 aromatic rings. The molecule has 10 heteroatoms. The molecular weight excluding hydrogens is 634 g/mol. The van der Waals surface area contributed by atoms with Crippen molar-refractivity contribution in [1.82, 2.24) is 9.88 Å². The maximum absolute atomic E-state index is 13.7. The van der Waals surface area contributed by atoms with Crippen LogP contribution >= 0.6 is 11.6 Å². The number of aromatic nitrogens is 1. The molecule has 242 valence electrons. The normalized spacial score (nSPS) is 12.8. The highest BCUT2D eigenvalue weighted by atomic mass is 35.5. The van der Waals surface area contributed by atoms with Crippen LogP contribution in [0.2, 0.25) is 5.02 Å². The summed E-state index contributed by atoms with van der Waals surface area (Å²) in [6, 6.07) is 28.4. The molecule has 47 heavy (non-hydrogen) atoms. The van der Waals surface area contributed by atoms with Crippen molar-refractivity contribution in [2.45, 2.75) is 32.2 Å². The number of benzene rings is 4. The van der Waals surface area contributed by atoms with Gasteiger partial charge in [-0.3, -0.25) is 13.9 Å². The van der Waals surface area contributed by atoms with E-state index in [1.165, 1.54) is 50.8 Å². The fourth-order valence-corrected chi connectivity index (χ4v) is 7.21. The van der Waals surface area contributed by atoms with Crippen LogP contribution in [0, 0.1) is 0 Å². The number of nitrogens with one attached hydrogen (secondary N) is 1. The van der Waals surface area contributed by atoms with Crippen molar-refractivity contribution < 1.29 is 22.7 Å². The molecule has 0 radical (unpaired) electrons. The van der Waals surface area contributed by atoms with Crippen LogP contribution in [0.25, 0.3) is 10.9 Å². The first-order valence-electron chi connectivity index (χ1n) is 15.6. The molecule has 0 saturated heterocycles. The highest BCUT2D eigenvalue weighted by Crippen LogP contribution is 2.32. The number of Topliss-reactive ketones (excluding diaryl/α,β-unsaturated/α-hetero) is 1. The molecule has 1 N–H and O–H groups in total. The molecule has 0 fully saturated rings. The zero-order chi connectivity index (χ0) is 33.0. The Morgan fingerprint density at radius 2 is 1.60 bits per heavy atom. The molecule has 0 spiro atoms. The second-order valence-corrected chi connectivity index (χ2v) is 14.1. The smallest absolute Gasteiger partial charge is 0.254 e. The van der Waals surface area contributed by atoms with E-state index in [1.54, 1.807) is 30.3 Å². The van der Waals surface area contributed by atoms with E-state index in [0.29, 0.717) is 11.3 Å². The van der Waals surface area contributed by atoms with Crippen LogP contribution in [-0.4, -0.2) is 55.9 Å². The summed E-state index contributed by atoms with van der Waals surface area (Å²) in [6.07, 6.45) is 5.62. The van der Waals surface area contributed by atoms with Crippen LogP contribution in [0.4, 0.5) is 5.69 Å². The largest absolute Gasteiger partial charge is 0.492 e. The number of aromatic amines is 1. The molecule has 8 nitrogen and oxygen atoms in total. The first-order chi connectivity index (χ1) is 22.7. The number of nitrogens with zero attached hydrogens (tertiary/aromatic N) is 2. The van der Waals surface area contributed by atoms with Gasteiger partial charge in [0.15, 0.2) is 5.78 Å². The molecule has 6 rings (SSSR count). The van der Waals surface area contributed by atoms with E-state index in [9.17, 15) is 18.0 Å². The summed E-state index contributed by atoms with van der Waals surface area (Å²) >= 11 is 6.50. The topological polar surface area (TPSA) is 99.8 Å². The Morgan fingerprint density at radius 3 is 2.34 bits per heavy atom. The first-order valence-corrected chi connectivity index (χ1v) is 17.8. The lowest BCUT2D eigenvalue weighted by atomic mass is 9.96. The molecule has 1 aliphatic rings. The maximum Gasteiger partial charge on any atom is 0.254 e. The second-order valence-electron chi connectivity index (χ2n) is 11.8. The Morgan fingerprint density at radius 1 is 0.872 bits per heavy atom. The number of halogens is 1. The van der Waals surface area contributed by atoms with Crippen molar-refractivity contribution in [3.05, 3.63) is 130 Å². The molecule has 0 atom stereocenters. The van der Waals surface area contributed by atoms with Crippen LogP contribution < -0.4 is 9.04 Å². The van der Waals surface area contributed by atoms with E-state index < -0.39 is 10.0 Å². The zero-order valence-corrected chi connectivity index (χ0v) is 27.7. The van der Waals surface area contributed by atoms with E-state index >= 15 is 0 Å². The number of carbonyl (C=O) groups is 2. The van der Waals surface area contributed by atoms with Crippen LogP contribution in [0.15, 0.2) is 97.1 Å². The molecule has 1 aliphatic carbocycles. The number of hydrogen-bond donors (Lipinski definition) is 1. The highest BCUT2D eigenvalue weighted by Gasteiger charge is 2.24. The van der Waals surface area contributed by atoms with Crippen molar-refractivity contribution in [1.29, 1.82) is 0 Å². The Kier molecular flexibility index (Phi) is 9.66. The Hall–Kier alpha value is -4.60. The van der Waals surface area contributed by atoms with Gasteiger partial charge in [-0.1, -0.05) is 60.1 Å². The quantitative estimate of drug-likeness (QED) is 0.143. The predicted molar refractivity (Wildman–Crippen MR) is 186 cm³/mol. The number of hydrogen-bond acceptors (Lipinski definition) is 5. The third kappa shape index (κ3) is 7.53.